The summed E-state index contributed by atoms with van der Waals surface area (Å²) in [6, 6.07) is 5.78. The number of hydrogen-bond acceptors (Lipinski definition) is 3. The molecule has 0 radical (unpaired) electrons. The summed E-state index contributed by atoms with van der Waals surface area (Å²) in [7, 11) is 8.57. The molecule has 0 amide bonds. The van der Waals surface area contributed by atoms with Gasteiger partial charge in [-0.25, -0.2) is 8.42 Å². The highest BCUT2D eigenvalue weighted by molar-refractivity contribution is 7.85. The van der Waals surface area contributed by atoms with Crippen molar-refractivity contribution in [2.45, 2.75) is 11.8 Å². The minimum Gasteiger partial charge on any atom is -1.00 e. The van der Waals surface area contributed by atoms with Crippen LogP contribution in [-0.4, -0.2) is 77.3 Å². The molecule has 26 heavy (non-hydrogen) atoms. The van der Waals surface area contributed by atoms with Crippen LogP contribution in [0.25, 0.3) is 0 Å². The van der Waals surface area contributed by atoms with E-state index in [2.05, 4.69) is 55.4 Å². The van der Waals surface area contributed by atoms with E-state index in [1.165, 1.54) is 12.1 Å². The number of nitrogens with zero attached hydrogens (tertiary/aromatic N) is 2. The second-order valence-electron chi connectivity index (χ2n) is 7.79. The molecule has 0 spiro atoms. The molecular weight excluding hydrogens is 416 g/mol. The van der Waals surface area contributed by atoms with Gasteiger partial charge in [-0.1, -0.05) is 30.9 Å². The van der Waals surface area contributed by atoms with Crippen LogP contribution >= 0.6 is 0 Å². The van der Waals surface area contributed by atoms with E-state index < -0.39 is 10.1 Å². The quantitative estimate of drug-likeness (QED) is 0.350. The molecule has 152 valence electrons. The van der Waals surface area contributed by atoms with Gasteiger partial charge in [-0.3, -0.25) is 0 Å². The highest BCUT2D eigenvalue weighted by Gasteiger charge is 2.00. The minimum atomic E-state index is -4.27. The van der Waals surface area contributed by atoms with Gasteiger partial charge in [0.1, 0.15) is 10.1 Å². The summed E-state index contributed by atoms with van der Waals surface area (Å²) in [6.45, 7) is 11.2. The number of rotatable bonds is 5. The van der Waals surface area contributed by atoms with Crippen molar-refractivity contribution in [3.63, 3.8) is 0 Å². The lowest BCUT2D eigenvalue weighted by atomic mass is 10.2. The first-order valence-electron chi connectivity index (χ1n) is 7.97. The Kier molecular flexibility index (Phi) is 15.1. The Hall–Kier alpha value is -0.990. The molecule has 0 N–H and O–H groups in total. The zero-order chi connectivity index (χ0) is 20.3. The maximum absolute atomic E-state index is 10.4. The largest absolute Gasteiger partial charge is 1.00 e. The molecular formula is C19H35BrN2O3S. The SMILES string of the molecule is C=CC[N+](C)(C)C.C=CC[N+](C)(C)C.Cc1ccc(S(=O)(=O)[O-])cc1.[Br-]. The van der Waals surface area contributed by atoms with E-state index in [0.29, 0.717) is 0 Å². The fraction of sp³-hybridized carbons (Fsp3) is 0.474. The molecule has 0 saturated carbocycles. The highest BCUT2D eigenvalue weighted by atomic mass is 79.9. The third-order valence-electron chi connectivity index (χ3n) is 2.66. The van der Waals surface area contributed by atoms with Crippen molar-refractivity contribution in [1.29, 1.82) is 0 Å². The van der Waals surface area contributed by atoms with E-state index in [9.17, 15) is 13.0 Å². The van der Waals surface area contributed by atoms with Gasteiger partial charge in [-0.05, 0) is 31.2 Å². The van der Waals surface area contributed by atoms with Crippen LogP contribution < -0.4 is 17.0 Å². The zero-order valence-electron chi connectivity index (χ0n) is 17.2. The van der Waals surface area contributed by atoms with E-state index in [1.807, 2.05) is 19.1 Å². The zero-order valence-corrected chi connectivity index (χ0v) is 19.6. The van der Waals surface area contributed by atoms with Crippen molar-refractivity contribution in [2.24, 2.45) is 0 Å². The van der Waals surface area contributed by atoms with Crippen LogP contribution in [0.1, 0.15) is 5.56 Å². The third kappa shape index (κ3) is 21.1. The van der Waals surface area contributed by atoms with Crippen molar-refractivity contribution in [3.8, 4) is 0 Å². The Morgan fingerprint density at radius 2 is 1.19 bits per heavy atom. The van der Waals surface area contributed by atoms with Gasteiger partial charge in [0.15, 0.2) is 0 Å². The number of aryl methyl sites for hydroxylation is 1. The molecule has 0 unspecified atom stereocenters. The van der Waals surface area contributed by atoms with Crippen LogP contribution in [0.4, 0.5) is 0 Å². The van der Waals surface area contributed by atoms with Gasteiger partial charge in [-0.2, -0.15) is 0 Å². The topological polar surface area (TPSA) is 57.2 Å². The number of likely N-dealkylation sites (N-methyl/N-ethyl adjacent to an activating group) is 2. The number of quaternary nitrogens is 2. The molecule has 0 saturated heterocycles. The highest BCUT2D eigenvalue weighted by Crippen LogP contribution is 2.08. The first kappa shape index (κ1) is 29.8. The summed E-state index contributed by atoms with van der Waals surface area (Å²) in [6.07, 6.45) is 3.86. The summed E-state index contributed by atoms with van der Waals surface area (Å²) in [5, 5.41) is 0. The lowest BCUT2D eigenvalue weighted by molar-refractivity contribution is -0.864. The van der Waals surface area contributed by atoms with E-state index in [-0.39, 0.29) is 21.9 Å². The molecule has 1 aromatic carbocycles. The van der Waals surface area contributed by atoms with Crippen LogP contribution in [0.15, 0.2) is 54.5 Å². The number of halogens is 1. The molecule has 0 atom stereocenters. The summed E-state index contributed by atoms with van der Waals surface area (Å²) in [4.78, 5) is -0.178. The summed E-state index contributed by atoms with van der Waals surface area (Å²) in [5.74, 6) is 0. The average molecular weight is 451 g/mol. The van der Waals surface area contributed by atoms with Crippen LogP contribution in [0.3, 0.4) is 0 Å². The maximum atomic E-state index is 10.4. The van der Waals surface area contributed by atoms with Gasteiger partial charge in [-0.15, -0.1) is 0 Å². The second kappa shape index (κ2) is 13.2. The number of hydrogen-bond donors (Lipinski definition) is 0. The first-order chi connectivity index (χ1) is 11.1. The fourth-order valence-electron chi connectivity index (χ4n) is 1.48. The van der Waals surface area contributed by atoms with Gasteiger partial charge >= 0.3 is 0 Å². The Labute approximate surface area is 171 Å². The first-order valence-corrected chi connectivity index (χ1v) is 9.38. The van der Waals surface area contributed by atoms with E-state index in [1.54, 1.807) is 12.1 Å². The van der Waals surface area contributed by atoms with Gasteiger partial charge in [0, 0.05) is 0 Å². The average Bonchev–Trinajstić information content (AvgIpc) is 2.36. The standard InChI is InChI=1S/C7H8O3S.2C6H14N.BrH/c1-6-2-4-7(5-3-6)11(8,9)10;2*1-5-6-7(2,3)4;/h2-5H,1H3,(H,8,9,10);2*5H,1,6H2,2-4H3;1H/q;2*+1;/p-2. The van der Waals surface area contributed by atoms with E-state index in [4.69, 9.17) is 0 Å². The maximum Gasteiger partial charge on any atom is 0.124 e. The molecule has 0 aliphatic heterocycles. The van der Waals surface area contributed by atoms with Crippen molar-refractivity contribution in [2.75, 3.05) is 55.4 Å². The molecule has 0 aromatic heterocycles. The lowest BCUT2D eigenvalue weighted by Gasteiger charge is -2.21. The molecule has 5 nitrogen and oxygen atoms in total. The Morgan fingerprint density at radius 3 is 1.35 bits per heavy atom. The van der Waals surface area contributed by atoms with Crippen molar-refractivity contribution >= 4 is 10.1 Å². The van der Waals surface area contributed by atoms with Gasteiger partial charge in [0.25, 0.3) is 0 Å². The summed E-state index contributed by atoms with van der Waals surface area (Å²) < 4.78 is 33.1. The normalized spacial score (nSPS) is 10.9. The molecule has 0 bridgehead atoms. The Morgan fingerprint density at radius 1 is 0.885 bits per heavy atom. The van der Waals surface area contributed by atoms with Gasteiger partial charge in [0.05, 0.1) is 60.3 Å². The third-order valence-corrected chi connectivity index (χ3v) is 3.51. The molecule has 1 rings (SSSR count). The van der Waals surface area contributed by atoms with Crippen molar-refractivity contribution in [1.82, 2.24) is 0 Å². The molecule has 1 aromatic rings. The van der Waals surface area contributed by atoms with E-state index >= 15 is 0 Å². The molecule has 7 heteroatoms. The van der Waals surface area contributed by atoms with Crippen LogP contribution in [0.5, 0.6) is 0 Å². The Bertz CT molecular complexity index is 594. The van der Waals surface area contributed by atoms with E-state index in [0.717, 1.165) is 27.6 Å². The fourth-order valence-corrected chi connectivity index (χ4v) is 1.95. The lowest BCUT2D eigenvalue weighted by Crippen LogP contribution is -3.00. The minimum absolute atomic E-state index is 0. The van der Waals surface area contributed by atoms with Crippen molar-refractivity contribution in [3.05, 3.63) is 55.1 Å². The molecule has 0 heterocycles. The van der Waals surface area contributed by atoms with Crippen LogP contribution in [0, 0.1) is 6.92 Å². The Balaban J connectivity index is -0.000000314. The van der Waals surface area contributed by atoms with Crippen LogP contribution in [0.2, 0.25) is 0 Å². The van der Waals surface area contributed by atoms with Gasteiger partial charge < -0.3 is 30.5 Å². The molecule has 0 fully saturated rings. The summed E-state index contributed by atoms with van der Waals surface area (Å²) in [5.41, 5.74) is 0.928. The smallest absolute Gasteiger partial charge is 0.124 e. The van der Waals surface area contributed by atoms with Crippen LogP contribution in [-0.2, 0) is 10.1 Å². The predicted molar refractivity (Wildman–Crippen MR) is 105 cm³/mol. The molecule has 0 aliphatic rings. The van der Waals surface area contributed by atoms with Gasteiger partial charge in [0.2, 0.25) is 0 Å². The number of benzene rings is 1. The second-order valence-corrected chi connectivity index (χ2v) is 9.17. The summed E-state index contributed by atoms with van der Waals surface area (Å²) >= 11 is 0. The van der Waals surface area contributed by atoms with Crippen molar-refractivity contribution < 1.29 is 38.9 Å². The molecule has 0 aliphatic carbocycles. The predicted octanol–water partition coefficient (Wildman–Crippen LogP) is -0.340. The monoisotopic (exact) mass is 450 g/mol.